The maximum atomic E-state index is 6.15. The molecule has 0 aliphatic carbocycles. The molecule has 0 aromatic heterocycles. The third-order valence-electron chi connectivity index (χ3n) is 3.25. The second kappa shape index (κ2) is 6.07. The van der Waals surface area contributed by atoms with E-state index < -0.39 is 0 Å². The lowest BCUT2D eigenvalue weighted by Gasteiger charge is -2.28. The number of hydrogen-bond donors (Lipinski definition) is 1. The molecule has 0 unspecified atom stereocenters. The van der Waals surface area contributed by atoms with E-state index in [0.717, 1.165) is 23.3 Å². The van der Waals surface area contributed by atoms with Crippen molar-refractivity contribution in [3.8, 4) is 5.75 Å². The Morgan fingerprint density at radius 3 is 2.76 bits per heavy atom. The summed E-state index contributed by atoms with van der Waals surface area (Å²) in [7, 11) is 0. The first kappa shape index (κ1) is 13.2. The molecule has 1 aliphatic rings. The largest absolute Gasteiger partial charge is 0.489 e. The van der Waals surface area contributed by atoms with Gasteiger partial charge in [-0.2, -0.15) is 0 Å². The van der Waals surface area contributed by atoms with Crippen molar-refractivity contribution >= 4 is 27.5 Å². The molecule has 0 radical (unpaired) electrons. The van der Waals surface area contributed by atoms with Gasteiger partial charge in [-0.05, 0) is 57.0 Å². The van der Waals surface area contributed by atoms with Crippen LogP contribution in [0.3, 0.4) is 0 Å². The molecular weight excluding hydrogens is 302 g/mol. The number of rotatable bonds is 3. The number of hydrogen-bond acceptors (Lipinski definition) is 2. The van der Waals surface area contributed by atoms with Crippen LogP contribution in [0.1, 0.15) is 19.8 Å². The van der Waals surface area contributed by atoms with Gasteiger partial charge < -0.3 is 10.1 Å². The number of benzene rings is 1. The van der Waals surface area contributed by atoms with E-state index in [1.54, 1.807) is 0 Å². The molecule has 0 amide bonds. The number of nitrogens with one attached hydrogen (secondary N) is 1. The molecule has 0 spiro atoms. The fraction of sp³-hybridized carbons (Fsp3) is 0.538. The third-order valence-corrected chi connectivity index (χ3v) is 4.04. The Morgan fingerprint density at radius 2 is 2.12 bits per heavy atom. The van der Waals surface area contributed by atoms with E-state index in [-0.39, 0.29) is 6.10 Å². The van der Waals surface area contributed by atoms with E-state index in [2.05, 4.69) is 28.2 Å². The van der Waals surface area contributed by atoms with Crippen molar-refractivity contribution in [3.63, 3.8) is 0 Å². The topological polar surface area (TPSA) is 21.3 Å². The van der Waals surface area contributed by atoms with Gasteiger partial charge in [-0.15, -0.1) is 0 Å². The van der Waals surface area contributed by atoms with E-state index in [9.17, 15) is 0 Å². The smallest absolute Gasteiger partial charge is 0.138 e. The Hall–Kier alpha value is -0.250. The highest BCUT2D eigenvalue weighted by Crippen LogP contribution is 2.30. The van der Waals surface area contributed by atoms with E-state index in [1.165, 1.54) is 12.8 Å². The van der Waals surface area contributed by atoms with Gasteiger partial charge in [0.15, 0.2) is 0 Å². The molecule has 94 valence electrons. The van der Waals surface area contributed by atoms with Crippen LogP contribution in [-0.2, 0) is 0 Å². The molecule has 1 fully saturated rings. The minimum Gasteiger partial charge on any atom is -0.489 e. The zero-order valence-corrected chi connectivity index (χ0v) is 12.2. The molecule has 0 saturated carbocycles. The highest BCUT2D eigenvalue weighted by molar-refractivity contribution is 9.10. The lowest BCUT2D eigenvalue weighted by Crippen LogP contribution is -2.35. The molecule has 17 heavy (non-hydrogen) atoms. The van der Waals surface area contributed by atoms with Gasteiger partial charge in [0.05, 0.1) is 11.1 Å². The second-order valence-corrected chi connectivity index (χ2v) is 5.81. The van der Waals surface area contributed by atoms with Crippen molar-refractivity contribution in [2.24, 2.45) is 5.92 Å². The van der Waals surface area contributed by atoms with E-state index >= 15 is 0 Å². The molecule has 1 aliphatic heterocycles. The van der Waals surface area contributed by atoms with Crippen LogP contribution in [0.15, 0.2) is 22.7 Å². The summed E-state index contributed by atoms with van der Waals surface area (Å²) in [6.45, 7) is 4.31. The number of ether oxygens (including phenoxy) is 1. The highest BCUT2D eigenvalue weighted by Gasteiger charge is 2.21. The molecule has 4 heteroatoms. The van der Waals surface area contributed by atoms with Crippen molar-refractivity contribution in [1.82, 2.24) is 5.32 Å². The molecule has 2 rings (SSSR count). The van der Waals surface area contributed by atoms with Crippen LogP contribution in [0.5, 0.6) is 5.75 Å². The predicted molar refractivity (Wildman–Crippen MR) is 74.8 cm³/mol. The summed E-state index contributed by atoms with van der Waals surface area (Å²) < 4.78 is 6.94. The predicted octanol–water partition coefficient (Wildman–Crippen LogP) is 3.87. The third kappa shape index (κ3) is 3.60. The highest BCUT2D eigenvalue weighted by atomic mass is 79.9. The monoisotopic (exact) mass is 317 g/mol. The minimum atomic E-state index is 0.218. The molecule has 1 atom stereocenters. The average molecular weight is 319 g/mol. The second-order valence-electron chi connectivity index (χ2n) is 4.49. The lowest BCUT2D eigenvalue weighted by atomic mass is 9.93. The van der Waals surface area contributed by atoms with Crippen LogP contribution >= 0.6 is 27.5 Å². The summed E-state index contributed by atoms with van der Waals surface area (Å²) in [6.07, 6.45) is 2.57. The molecule has 1 saturated heterocycles. The average Bonchev–Trinajstić information content (AvgIpc) is 2.34. The first-order chi connectivity index (χ1) is 8.16. The van der Waals surface area contributed by atoms with Gasteiger partial charge in [0, 0.05) is 4.47 Å². The van der Waals surface area contributed by atoms with Crippen molar-refractivity contribution in [2.75, 3.05) is 13.1 Å². The molecule has 0 bridgehead atoms. The Balaban J connectivity index is 1.99. The van der Waals surface area contributed by atoms with Crippen LogP contribution in [0, 0.1) is 5.92 Å². The number of halogens is 2. The van der Waals surface area contributed by atoms with Crippen LogP contribution in [-0.4, -0.2) is 19.2 Å². The van der Waals surface area contributed by atoms with Crippen LogP contribution in [0.4, 0.5) is 0 Å². The molecule has 1 heterocycles. The summed E-state index contributed by atoms with van der Waals surface area (Å²) in [5.41, 5.74) is 0. The van der Waals surface area contributed by atoms with Gasteiger partial charge in [-0.1, -0.05) is 27.5 Å². The standard InChI is InChI=1S/C13H17BrClNO/c1-9(10-4-6-16-7-5-10)17-13-3-2-11(14)8-12(13)15/h2-3,8-10,16H,4-7H2,1H3/t9-/m0/s1. The molecule has 2 nitrogen and oxygen atoms in total. The Kier molecular flexibility index (Phi) is 4.71. The molecule has 1 aromatic carbocycles. The fourth-order valence-corrected chi connectivity index (χ4v) is 2.90. The maximum Gasteiger partial charge on any atom is 0.138 e. The summed E-state index contributed by atoms with van der Waals surface area (Å²) in [5.74, 6) is 1.40. The zero-order valence-electron chi connectivity index (χ0n) is 9.88. The van der Waals surface area contributed by atoms with Crippen LogP contribution in [0.25, 0.3) is 0 Å². The normalized spacial score (nSPS) is 19.0. The van der Waals surface area contributed by atoms with Gasteiger partial charge in [-0.3, -0.25) is 0 Å². The first-order valence-electron chi connectivity index (χ1n) is 5.99. The van der Waals surface area contributed by atoms with Crippen LogP contribution in [0.2, 0.25) is 5.02 Å². The van der Waals surface area contributed by atoms with Gasteiger partial charge in [-0.25, -0.2) is 0 Å². The first-order valence-corrected chi connectivity index (χ1v) is 7.16. The van der Waals surface area contributed by atoms with Crippen molar-refractivity contribution in [1.29, 1.82) is 0 Å². The molecular formula is C13H17BrClNO. The van der Waals surface area contributed by atoms with E-state index in [4.69, 9.17) is 16.3 Å². The molecule has 1 aromatic rings. The van der Waals surface area contributed by atoms with Crippen molar-refractivity contribution in [3.05, 3.63) is 27.7 Å². The molecule has 1 N–H and O–H groups in total. The summed E-state index contributed by atoms with van der Waals surface area (Å²) in [5, 5.41) is 4.03. The minimum absolute atomic E-state index is 0.218. The van der Waals surface area contributed by atoms with Gasteiger partial charge in [0.25, 0.3) is 0 Å². The van der Waals surface area contributed by atoms with Crippen molar-refractivity contribution in [2.45, 2.75) is 25.9 Å². The van der Waals surface area contributed by atoms with Crippen molar-refractivity contribution < 1.29 is 4.74 Å². The van der Waals surface area contributed by atoms with Gasteiger partial charge >= 0.3 is 0 Å². The zero-order chi connectivity index (χ0) is 12.3. The fourth-order valence-electron chi connectivity index (χ4n) is 2.18. The maximum absolute atomic E-state index is 6.15. The van der Waals surface area contributed by atoms with E-state index in [1.807, 2.05) is 18.2 Å². The van der Waals surface area contributed by atoms with E-state index in [0.29, 0.717) is 10.9 Å². The number of piperidine rings is 1. The Labute approximate surface area is 116 Å². The lowest BCUT2D eigenvalue weighted by molar-refractivity contribution is 0.128. The summed E-state index contributed by atoms with van der Waals surface area (Å²) >= 11 is 9.54. The van der Waals surface area contributed by atoms with Gasteiger partial charge in [0.1, 0.15) is 5.75 Å². The SMILES string of the molecule is C[C@H](Oc1ccc(Br)cc1Cl)C1CCNCC1. The van der Waals surface area contributed by atoms with Gasteiger partial charge in [0.2, 0.25) is 0 Å². The quantitative estimate of drug-likeness (QED) is 0.913. The van der Waals surface area contributed by atoms with Crippen LogP contribution < -0.4 is 10.1 Å². The summed E-state index contributed by atoms with van der Waals surface area (Å²) in [6, 6.07) is 5.74. The Bertz CT molecular complexity index is 380. The summed E-state index contributed by atoms with van der Waals surface area (Å²) in [4.78, 5) is 0. The Morgan fingerprint density at radius 1 is 1.41 bits per heavy atom.